The molecule has 1 aliphatic carbocycles. The van der Waals surface area contributed by atoms with Crippen LogP contribution in [0.1, 0.15) is 18.4 Å². The molecule has 0 aromatic carbocycles. The second-order valence-electron chi connectivity index (χ2n) is 4.19. The molecule has 0 atom stereocenters. The van der Waals surface area contributed by atoms with Gasteiger partial charge in [-0.15, -0.1) is 0 Å². The molecule has 2 aromatic rings. The van der Waals surface area contributed by atoms with Gasteiger partial charge in [0.25, 0.3) is 0 Å². The third kappa shape index (κ3) is 1.24. The minimum atomic E-state index is -0.424. The van der Waals surface area contributed by atoms with Crippen molar-refractivity contribution in [2.75, 3.05) is 0 Å². The lowest BCUT2D eigenvalue weighted by Crippen LogP contribution is -2.51. The minimum Gasteiger partial charge on any atom is -0.393 e. The quantitative estimate of drug-likeness (QED) is 0.687. The first-order chi connectivity index (χ1) is 7.17. The van der Waals surface area contributed by atoms with Crippen molar-refractivity contribution in [3.63, 3.8) is 0 Å². The molecule has 3 rings (SSSR count). The lowest BCUT2D eigenvalue weighted by atomic mass is 9.71. The zero-order chi connectivity index (χ0) is 10.5. The van der Waals surface area contributed by atoms with Crippen LogP contribution >= 0.6 is 0 Å². The van der Waals surface area contributed by atoms with Crippen LogP contribution in [0.3, 0.4) is 0 Å². The van der Waals surface area contributed by atoms with E-state index in [-0.39, 0.29) is 6.10 Å². The number of rotatable bonds is 1. The van der Waals surface area contributed by atoms with Crippen LogP contribution in [0, 0.1) is 0 Å². The maximum atomic E-state index is 9.30. The first-order valence-electron chi connectivity index (χ1n) is 4.94. The largest absolute Gasteiger partial charge is 0.393 e. The smallest absolute Gasteiger partial charge is 0.154 e. The van der Waals surface area contributed by atoms with E-state index < -0.39 is 5.54 Å². The molecule has 2 heterocycles. The molecule has 0 bridgehead atoms. The topological polar surface area (TPSA) is 76.4 Å². The molecular weight excluding hydrogens is 192 g/mol. The number of fused-ring (bicyclic) bond motifs is 1. The highest BCUT2D eigenvalue weighted by Gasteiger charge is 2.41. The molecule has 78 valence electrons. The van der Waals surface area contributed by atoms with Gasteiger partial charge in [-0.05, 0) is 12.8 Å². The van der Waals surface area contributed by atoms with E-state index in [9.17, 15) is 5.11 Å². The predicted molar refractivity (Wildman–Crippen MR) is 54.1 cm³/mol. The summed E-state index contributed by atoms with van der Waals surface area (Å²) in [4.78, 5) is 4.25. The van der Waals surface area contributed by atoms with Crippen LogP contribution < -0.4 is 5.73 Å². The summed E-state index contributed by atoms with van der Waals surface area (Å²) in [5.74, 6) is 0. The van der Waals surface area contributed by atoms with E-state index >= 15 is 0 Å². The fraction of sp³-hybridized carbons (Fsp3) is 0.400. The van der Waals surface area contributed by atoms with E-state index in [0.717, 1.165) is 11.2 Å². The fourth-order valence-corrected chi connectivity index (χ4v) is 2.08. The van der Waals surface area contributed by atoms with E-state index in [1.807, 2.05) is 12.3 Å². The Morgan fingerprint density at radius 1 is 1.53 bits per heavy atom. The molecule has 5 heteroatoms. The van der Waals surface area contributed by atoms with E-state index in [1.165, 1.54) is 0 Å². The van der Waals surface area contributed by atoms with Gasteiger partial charge in [-0.3, -0.25) is 0 Å². The number of hydrogen-bond donors (Lipinski definition) is 2. The van der Waals surface area contributed by atoms with Crippen molar-refractivity contribution >= 4 is 5.65 Å². The highest BCUT2D eigenvalue weighted by atomic mass is 16.3. The average Bonchev–Trinajstić information content (AvgIpc) is 2.61. The highest BCUT2D eigenvalue weighted by molar-refractivity contribution is 5.37. The van der Waals surface area contributed by atoms with Gasteiger partial charge >= 0.3 is 0 Å². The van der Waals surface area contributed by atoms with Crippen molar-refractivity contribution in [3.05, 3.63) is 30.2 Å². The summed E-state index contributed by atoms with van der Waals surface area (Å²) in [5.41, 5.74) is 7.45. The van der Waals surface area contributed by atoms with E-state index in [4.69, 9.17) is 5.73 Å². The van der Waals surface area contributed by atoms with Gasteiger partial charge in [-0.2, -0.15) is 5.10 Å². The SMILES string of the molecule is NC1(c2cnc3ccnn3c2)CC(O)C1. The van der Waals surface area contributed by atoms with Crippen LogP contribution in [-0.2, 0) is 5.54 Å². The summed E-state index contributed by atoms with van der Waals surface area (Å²) >= 11 is 0. The molecule has 0 saturated heterocycles. The van der Waals surface area contributed by atoms with Gasteiger partial charge in [-0.25, -0.2) is 9.50 Å². The van der Waals surface area contributed by atoms with Crippen LogP contribution in [0.2, 0.25) is 0 Å². The molecule has 15 heavy (non-hydrogen) atoms. The molecular formula is C10H12N4O. The van der Waals surface area contributed by atoms with Gasteiger partial charge in [0.15, 0.2) is 5.65 Å². The number of aromatic nitrogens is 3. The van der Waals surface area contributed by atoms with Crippen LogP contribution in [0.4, 0.5) is 0 Å². The van der Waals surface area contributed by atoms with Crippen molar-refractivity contribution in [1.29, 1.82) is 0 Å². The van der Waals surface area contributed by atoms with Crippen LogP contribution in [0.25, 0.3) is 5.65 Å². The Bertz CT molecular complexity index is 501. The summed E-state index contributed by atoms with van der Waals surface area (Å²) in [6.45, 7) is 0. The summed E-state index contributed by atoms with van der Waals surface area (Å²) in [7, 11) is 0. The van der Waals surface area contributed by atoms with Gasteiger partial charge in [0.1, 0.15) is 0 Å². The first kappa shape index (κ1) is 8.82. The summed E-state index contributed by atoms with van der Waals surface area (Å²) in [6, 6.07) is 1.84. The number of hydrogen-bond acceptors (Lipinski definition) is 4. The van der Waals surface area contributed by atoms with Gasteiger partial charge in [0, 0.05) is 29.6 Å². The standard InChI is InChI=1S/C10H12N4O/c11-10(3-8(15)4-10)7-5-12-9-1-2-13-14(9)6-7/h1-2,5-6,8,15H,3-4,11H2. The van der Waals surface area contributed by atoms with Gasteiger partial charge in [-0.1, -0.05) is 0 Å². The van der Waals surface area contributed by atoms with Crippen LogP contribution in [-0.4, -0.2) is 25.8 Å². The molecule has 0 aliphatic heterocycles. The maximum absolute atomic E-state index is 9.30. The van der Waals surface area contributed by atoms with E-state index in [0.29, 0.717) is 12.8 Å². The van der Waals surface area contributed by atoms with E-state index in [2.05, 4.69) is 10.1 Å². The monoisotopic (exact) mass is 204 g/mol. The lowest BCUT2D eigenvalue weighted by Gasteiger charge is -2.42. The first-order valence-corrected chi connectivity index (χ1v) is 4.94. The molecule has 1 saturated carbocycles. The van der Waals surface area contributed by atoms with Gasteiger partial charge in [0.05, 0.1) is 12.3 Å². The Kier molecular flexibility index (Phi) is 1.63. The Hall–Kier alpha value is -1.46. The number of aliphatic hydroxyl groups is 1. The predicted octanol–water partition coefficient (Wildman–Crippen LogP) is 0.0380. The van der Waals surface area contributed by atoms with Crippen molar-refractivity contribution in [1.82, 2.24) is 14.6 Å². The number of nitrogens with two attached hydrogens (primary N) is 1. The number of aliphatic hydroxyl groups excluding tert-OH is 1. The van der Waals surface area contributed by atoms with Crippen LogP contribution in [0.5, 0.6) is 0 Å². The van der Waals surface area contributed by atoms with Crippen molar-refractivity contribution in [2.45, 2.75) is 24.5 Å². The Balaban J connectivity index is 2.04. The molecule has 5 nitrogen and oxygen atoms in total. The fourth-order valence-electron chi connectivity index (χ4n) is 2.08. The second-order valence-corrected chi connectivity index (χ2v) is 4.19. The Morgan fingerprint density at radius 2 is 2.33 bits per heavy atom. The highest BCUT2D eigenvalue weighted by Crippen LogP contribution is 2.38. The zero-order valence-electron chi connectivity index (χ0n) is 8.17. The van der Waals surface area contributed by atoms with Crippen molar-refractivity contribution < 1.29 is 5.11 Å². The molecule has 0 spiro atoms. The molecule has 0 radical (unpaired) electrons. The van der Waals surface area contributed by atoms with Crippen LogP contribution in [0.15, 0.2) is 24.7 Å². The van der Waals surface area contributed by atoms with Crippen molar-refractivity contribution in [3.8, 4) is 0 Å². The normalized spacial score (nSPS) is 30.4. The summed E-state index contributed by atoms with van der Waals surface area (Å²) < 4.78 is 1.70. The molecule has 1 aliphatic rings. The van der Waals surface area contributed by atoms with Gasteiger partial charge < -0.3 is 10.8 Å². The number of nitrogens with zero attached hydrogens (tertiary/aromatic N) is 3. The molecule has 3 N–H and O–H groups in total. The molecule has 2 aromatic heterocycles. The molecule has 1 fully saturated rings. The van der Waals surface area contributed by atoms with Gasteiger partial charge in [0.2, 0.25) is 0 Å². The maximum Gasteiger partial charge on any atom is 0.154 e. The lowest BCUT2D eigenvalue weighted by molar-refractivity contribution is 0.0205. The Labute approximate surface area is 86.5 Å². The Morgan fingerprint density at radius 3 is 3.07 bits per heavy atom. The molecule has 0 amide bonds. The minimum absolute atomic E-state index is 0.275. The summed E-state index contributed by atoms with van der Waals surface area (Å²) in [5, 5.41) is 13.4. The van der Waals surface area contributed by atoms with Crippen molar-refractivity contribution in [2.24, 2.45) is 5.73 Å². The second kappa shape index (κ2) is 2.77. The summed E-state index contributed by atoms with van der Waals surface area (Å²) in [6.07, 6.45) is 6.27. The molecule has 0 unspecified atom stereocenters. The third-order valence-corrected chi connectivity index (χ3v) is 3.02. The van der Waals surface area contributed by atoms with E-state index in [1.54, 1.807) is 16.9 Å². The third-order valence-electron chi connectivity index (χ3n) is 3.02. The average molecular weight is 204 g/mol. The zero-order valence-corrected chi connectivity index (χ0v) is 8.17.